The highest BCUT2D eigenvalue weighted by Gasteiger charge is 2.35. The van der Waals surface area contributed by atoms with E-state index in [1.165, 1.54) is 22.7 Å². The van der Waals surface area contributed by atoms with Gasteiger partial charge in [0.25, 0.3) is 5.56 Å². The highest BCUT2D eigenvalue weighted by Crippen LogP contribution is 2.37. The Morgan fingerprint density at radius 3 is 2.59 bits per heavy atom. The lowest BCUT2D eigenvalue weighted by molar-refractivity contribution is -0.138. The zero-order chi connectivity index (χ0) is 30.6. The Kier molecular flexibility index (Phi) is 8.57. The third kappa shape index (κ3) is 5.88. The van der Waals surface area contributed by atoms with Crippen molar-refractivity contribution < 1.29 is 14.3 Å². The fourth-order valence-electron chi connectivity index (χ4n) is 4.90. The van der Waals surface area contributed by atoms with Gasteiger partial charge in [0.2, 0.25) is 0 Å². The van der Waals surface area contributed by atoms with E-state index in [-0.39, 0.29) is 18.8 Å². The van der Waals surface area contributed by atoms with Crippen LogP contribution in [0, 0.1) is 11.3 Å². The Morgan fingerprint density at radius 1 is 1.09 bits per heavy atom. The molecular formula is C34H24ClN3O4S2. The Bertz CT molecular complexity index is 2090. The Labute approximate surface area is 265 Å². The number of carbonyl (C=O) groups is 1. The first kappa shape index (κ1) is 29.3. The maximum absolute atomic E-state index is 14.1. The molecule has 10 heteroatoms. The second kappa shape index (κ2) is 12.9. The number of fused-ring (bicyclic) bond motifs is 1. The lowest BCUT2D eigenvalue weighted by Crippen LogP contribution is -2.39. The highest BCUT2D eigenvalue weighted by molar-refractivity contribution is 7.10. The minimum absolute atomic E-state index is 0.187. The van der Waals surface area contributed by atoms with Crippen LogP contribution in [0.1, 0.15) is 40.1 Å². The fraction of sp³-hybridized carbons (Fsp3) is 0.118. The zero-order valence-corrected chi connectivity index (χ0v) is 25.8. The first-order valence-corrected chi connectivity index (χ1v) is 15.8. The predicted octanol–water partition coefficient (Wildman–Crippen LogP) is 6.10. The van der Waals surface area contributed by atoms with Crippen molar-refractivity contribution in [3.05, 3.63) is 148 Å². The monoisotopic (exact) mass is 637 g/mol. The van der Waals surface area contributed by atoms with Crippen molar-refractivity contribution >= 4 is 52.0 Å². The summed E-state index contributed by atoms with van der Waals surface area (Å²) in [4.78, 5) is 33.8. The van der Waals surface area contributed by atoms with Gasteiger partial charge < -0.3 is 9.47 Å². The molecule has 3 heterocycles. The molecule has 0 unspecified atom stereocenters. The number of aromatic nitrogens is 1. The number of carbonyl (C=O) groups excluding carboxylic acids is 1. The van der Waals surface area contributed by atoms with Gasteiger partial charge in [0.15, 0.2) is 4.80 Å². The van der Waals surface area contributed by atoms with E-state index < -0.39 is 12.0 Å². The average molecular weight is 638 g/mol. The van der Waals surface area contributed by atoms with Crippen molar-refractivity contribution in [2.75, 3.05) is 6.61 Å². The van der Waals surface area contributed by atoms with Gasteiger partial charge in [0.05, 0.1) is 34.0 Å². The first-order valence-electron chi connectivity index (χ1n) is 13.7. The van der Waals surface area contributed by atoms with Crippen LogP contribution in [0.4, 0.5) is 0 Å². The molecule has 1 aliphatic rings. The molecule has 0 spiro atoms. The van der Waals surface area contributed by atoms with Crippen LogP contribution in [-0.4, -0.2) is 17.1 Å². The van der Waals surface area contributed by atoms with Gasteiger partial charge in [-0.3, -0.25) is 9.36 Å². The van der Waals surface area contributed by atoms with Crippen molar-refractivity contribution in [3.8, 4) is 11.8 Å². The van der Waals surface area contributed by atoms with Gasteiger partial charge in [-0.25, -0.2) is 9.79 Å². The van der Waals surface area contributed by atoms with E-state index in [0.29, 0.717) is 42.5 Å². The number of benzene rings is 3. The van der Waals surface area contributed by atoms with Gasteiger partial charge >= 0.3 is 5.97 Å². The standard InChI is InChI=1S/C34H24ClN3O4S2/c1-2-41-33(40)29-30(23-7-4-3-5-8-23)37-34-38(31(29)27-9-6-16-43-27)32(39)28(44-34)18-24-17-25(35)14-15-26(24)42-20-22-12-10-21(19-36)11-13-22/h3-18,31H,2,20H2,1H3/b28-18-/t31-/m0/s1. The zero-order valence-electron chi connectivity index (χ0n) is 23.4. The van der Waals surface area contributed by atoms with E-state index >= 15 is 0 Å². The third-order valence-corrected chi connectivity index (χ3v) is 9.06. The lowest BCUT2D eigenvalue weighted by Gasteiger charge is -2.24. The summed E-state index contributed by atoms with van der Waals surface area (Å²) in [5.41, 5.74) is 3.33. The van der Waals surface area contributed by atoms with Crippen LogP contribution in [0.25, 0.3) is 11.8 Å². The molecule has 1 atom stereocenters. The Hall–Kier alpha value is -4.75. The summed E-state index contributed by atoms with van der Waals surface area (Å²) in [5.74, 6) is 0.0210. The van der Waals surface area contributed by atoms with Crippen molar-refractivity contribution in [1.82, 2.24) is 4.57 Å². The summed E-state index contributed by atoms with van der Waals surface area (Å²) in [7, 11) is 0. The number of esters is 1. The van der Waals surface area contributed by atoms with E-state index in [9.17, 15) is 9.59 Å². The highest BCUT2D eigenvalue weighted by atomic mass is 35.5. The number of nitriles is 1. The summed E-state index contributed by atoms with van der Waals surface area (Å²) in [6, 6.07) is 27.0. The summed E-state index contributed by atoms with van der Waals surface area (Å²) in [6.45, 7) is 2.20. The van der Waals surface area contributed by atoms with E-state index in [1.54, 1.807) is 47.9 Å². The van der Waals surface area contributed by atoms with Crippen LogP contribution in [-0.2, 0) is 16.1 Å². The van der Waals surface area contributed by atoms with E-state index in [1.807, 2.05) is 60.0 Å². The summed E-state index contributed by atoms with van der Waals surface area (Å²) < 4.78 is 13.6. The molecule has 0 fully saturated rings. The van der Waals surface area contributed by atoms with Crippen molar-refractivity contribution in [1.29, 1.82) is 5.26 Å². The molecule has 7 nitrogen and oxygen atoms in total. The molecule has 1 aliphatic heterocycles. The smallest absolute Gasteiger partial charge is 0.338 e. The molecule has 6 rings (SSSR count). The maximum atomic E-state index is 14.1. The predicted molar refractivity (Wildman–Crippen MR) is 172 cm³/mol. The second-order valence-electron chi connectivity index (χ2n) is 9.73. The molecule has 3 aromatic carbocycles. The molecule has 5 aromatic rings. The molecule has 0 radical (unpaired) electrons. The maximum Gasteiger partial charge on any atom is 0.338 e. The van der Waals surface area contributed by atoms with E-state index in [2.05, 4.69) is 6.07 Å². The number of hydrogen-bond acceptors (Lipinski definition) is 8. The SMILES string of the molecule is CCOC(=O)C1=C(c2ccccc2)N=c2s/c(=C\c3cc(Cl)ccc3OCc3ccc(C#N)cc3)c(=O)n2[C@H]1c1cccs1. The molecule has 0 aliphatic carbocycles. The third-order valence-electron chi connectivity index (χ3n) is 6.92. The van der Waals surface area contributed by atoms with Crippen molar-refractivity contribution in [2.45, 2.75) is 19.6 Å². The molecule has 2 aromatic heterocycles. The van der Waals surface area contributed by atoms with Crippen LogP contribution in [0.5, 0.6) is 5.75 Å². The van der Waals surface area contributed by atoms with Crippen LogP contribution in [0.15, 0.2) is 106 Å². The topological polar surface area (TPSA) is 93.7 Å². The molecule has 218 valence electrons. The normalized spacial score (nSPS) is 14.5. The van der Waals surface area contributed by atoms with Gasteiger partial charge in [0.1, 0.15) is 18.4 Å². The number of ether oxygens (including phenoxy) is 2. The molecule has 0 saturated carbocycles. The molecule has 0 saturated heterocycles. The van der Waals surface area contributed by atoms with Crippen molar-refractivity contribution in [2.24, 2.45) is 4.99 Å². The average Bonchev–Trinajstić information content (AvgIpc) is 3.69. The van der Waals surface area contributed by atoms with Crippen LogP contribution in [0.2, 0.25) is 5.02 Å². The van der Waals surface area contributed by atoms with Crippen LogP contribution in [0.3, 0.4) is 0 Å². The molecular weight excluding hydrogens is 614 g/mol. The number of hydrogen-bond donors (Lipinski definition) is 0. The number of nitrogens with zero attached hydrogens (tertiary/aromatic N) is 3. The van der Waals surface area contributed by atoms with Gasteiger partial charge in [-0.05, 0) is 60.3 Å². The number of rotatable bonds is 8. The largest absolute Gasteiger partial charge is 0.488 e. The molecule has 44 heavy (non-hydrogen) atoms. The number of thiazole rings is 1. The van der Waals surface area contributed by atoms with Gasteiger partial charge in [-0.2, -0.15) is 5.26 Å². The Morgan fingerprint density at radius 2 is 1.89 bits per heavy atom. The minimum atomic E-state index is -0.714. The number of thiophene rings is 1. The fourth-order valence-corrected chi connectivity index (χ4v) is 6.89. The Balaban J connectivity index is 1.49. The number of halogens is 1. The molecule has 0 N–H and O–H groups in total. The summed E-state index contributed by atoms with van der Waals surface area (Å²) >= 11 is 9.07. The lowest BCUT2D eigenvalue weighted by atomic mass is 9.97. The summed E-state index contributed by atoms with van der Waals surface area (Å²) in [5, 5.41) is 11.5. The van der Waals surface area contributed by atoms with Gasteiger partial charge in [0, 0.05) is 21.0 Å². The summed E-state index contributed by atoms with van der Waals surface area (Å²) in [6.07, 6.45) is 1.74. The van der Waals surface area contributed by atoms with E-state index in [4.69, 9.17) is 31.3 Å². The van der Waals surface area contributed by atoms with Crippen LogP contribution >= 0.6 is 34.3 Å². The first-order chi connectivity index (χ1) is 21.5. The quantitative estimate of drug-likeness (QED) is 0.192. The van der Waals surface area contributed by atoms with E-state index in [0.717, 1.165) is 16.0 Å². The van der Waals surface area contributed by atoms with Crippen LogP contribution < -0.4 is 19.6 Å². The second-order valence-corrected chi connectivity index (χ2v) is 12.2. The molecule has 0 amide bonds. The molecule has 0 bridgehead atoms. The minimum Gasteiger partial charge on any atom is -0.488 e. The van der Waals surface area contributed by atoms with Gasteiger partial charge in [-0.15, -0.1) is 11.3 Å². The van der Waals surface area contributed by atoms with Crippen molar-refractivity contribution in [3.63, 3.8) is 0 Å². The van der Waals surface area contributed by atoms with Gasteiger partial charge in [-0.1, -0.05) is 71.5 Å².